The maximum absolute atomic E-state index is 12.7. The average Bonchev–Trinajstić information content (AvgIpc) is 3.25. The lowest BCUT2D eigenvalue weighted by Gasteiger charge is -2.25. The van der Waals surface area contributed by atoms with E-state index in [1.54, 1.807) is 24.3 Å². The molecule has 0 saturated heterocycles. The Bertz CT molecular complexity index is 929. The number of ether oxygens (including phenoxy) is 1. The van der Waals surface area contributed by atoms with E-state index < -0.39 is 17.4 Å². The predicted molar refractivity (Wildman–Crippen MR) is 112 cm³/mol. The van der Waals surface area contributed by atoms with Gasteiger partial charge < -0.3 is 29.4 Å². The van der Waals surface area contributed by atoms with Crippen LogP contribution >= 0.6 is 0 Å². The molecule has 5 unspecified atom stereocenters. The second-order valence-corrected chi connectivity index (χ2v) is 8.72. The molecule has 4 N–H and O–H groups in total. The fourth-order valence-electron chi connectivity index (χ4n) is 4.39. The van der Waals surface area contributed by atoms with E-state index in [2.05, 4.69) is 15.0 Å². The number of hydrogen-bond acceptors (Lipinski definition) is 6. The second kappa shape index (κ2) is 8.89. The summed E-state index contributed by atoms with van der Waals surface area (Å²) in [6.45, 7) is 2.51. The van der Waals surface area contributed by atoms with Gasteiger partial charge in [0.05, 0.1) is 0 Å². The number of nitrogens with one attached hydrogen (secondary N) is 3. The molecule has 1 fully saturated rings. The summed E-state index contributed by atoms with van der Waals surface area (Å²) in [5, 5.41) is 14.0. The number of fused-ring (bicyclic) bond motifs is 1. The number of aliphatic hydroxyl groups excluding tert-OH is 1. The number of H-pyrrole nitrogens is 1. The number of aryl methyl sites for hydroxylation is 2. The van der Waals surface area contributed by atoms with Crippen molar-refractivity contribution in [3.05, 3.63) is 47.3 Å². The number of rotatable bonds is 7. The van der Waals surface area contributed by atoms with Gasteiger partial charge in [-0.25, -0.2) is 0 Å². The van der Waals surface area contributed by atoms with Crippen LogP contribution in [0.15, 0.2) is 30.3 Å². The summed E-state index contributed by atoms with van der Waals surface area (Å²) in [6, 6.07) is 8.34. The van der Waals surface area contributed by atoms with Gasteiger partial charge in [0.2, 0.25) is 0 Å². The minimum absolute atomic E-state index is 0.0773. The van der Waals surface area contributed by atoms with Crippen LogP contribution in [0.3, 0.4) is 0 Å². The van der Waals surface area contributed by atoms with E-state index in [-0.39, 0.29) is 23.8 Å². The highest BCUT2D eigenvalue weighted by atomic mass is 32.2. The standard InChI is InChI=1S/C21H27N3O5S/c1-12-10-16-17(23-12)7-2-13(20(16)25)11-22-18-8-9-19(21(18)26)29-15-5-3-14(4-6-15)24-30(27)28/h3-6,10,13,18-19,21-24,26H,2,7-9,11H2,1H3,(H,27,28)/p-1. The highest BCUT2D eigenvalue weighted by molar-refractivity contribution is 7.80. The van der Waals surface area contributed by atoms with Gasteiger partial charge in [0.1, 0.15) is 18.0 Å². The second-order valence-electron chi connectivity index (χ2n) is 8.04. The van der Waals surface area contributed by atoms with Crippen LogP contribution in [0.2, 0.25) is 0 Å². The molecule has 30 heavy (non-hydrogen) atoms. The van der Waals surface area contributed by atoms with E-state index in [1.807, 2.05) is 13.0 Å². The van der Waals surface area contributed by atoms with Gasteiger partial charge in [-0.3, -0.25) is 9.00 Å². The quantitative estimate of drug-likeness (QED) is 0.495. The molecule has 5 atom stereocenters. The summed E-state index contributed by atoms with van der Waals surface area (Å²) < 4.78 is 29.5. The molecule has 2 aliphatic rings. The minimum Gasteiger partial charge on any atom is -0.755 e. The summed E-state index contributed by atoms with van der Waals surface area (Å²) in [6.07, 6.45) is 2.09. The maximum Gasteiger partial charge on any atom is 0.169 e. The molecule has 9 heteroatoms. The first kappa shape index (κ1) is 21.0. The molecular formula is C21H26N3O5S-. The van der Waals surface area contributed by atoms with Crippen molar-refractivity contribution >= 4 is 22.7 Å². The van der Waals surface area contributed by atoms with Crippen molar-refractivity contribution in [3.8, 4) is 5.75 Å². The SMILES string of the molecule is Cc1cc2c([nH]1)CCC(CNC1CCC(Oc3ccc(NS(=O)[O-])cc3)C1O)C2=O. The average molecular weight is 433 g/mol. The molecule has 1 heterocycles. The van der Waals surface area contributed by atoms with Crippen LogP contribution in [0.4, 0.5) is 5.69 Å². The Labute approximate surface area is 177 Å². The van der Waals surface area contributed by atoms with Gasteiger partial charge in [0, 0.05) is 52.4 Å². The van der Waals surface area contributed by atoms with Crippen molar-refractivity contribution in [2.24, 2.45) is 5.92 Å². The van der Waals surface area contributed by atoms with Gasteiger partial charge in [-0.15, -0.1) is 0 Å². The topological polar surface area (TPSA) is 127 Å². The number of benzene rings is 1. The predicted octanol–water partition coefficient (Wildman–Crippen LogP) is 1.83. The van der Waals surface area contributed by atoms with Crippen molar-refractivity contribution in [2.45, 2.75) is 50.9 Å². The Morgan fingerprint density at radius 2 is 2.03 bits per heavy atom. The van der Waals surface area contributed by atoms with Crippen molar-refractivity contribution in [1.82, 2.24) is 10.3 Å². The smallest absolute Gasteiger partial charge is 0.169 e. The maximum atomic E-state index is 12.7. The summed E-state index contributed by atoms with van der Waals surface area (Å²) in [5.41, 5.74) is 3.29. The Morgan fingerprint density at radius 1 is 1.27 bits per heavy atom. The fourth-order valence-corrected chi connectivity index (χ4v) is 4.72. The normalized spacial score (nSPS) is 27.0. The number of aromatic nitrogens is 1. The Kier molecular flexibility index (Phi) is 6.24. The third-order valence-corrected chi connectivity index (χ3v) is 6.34. The molecule has 2 aromatic rings. The van der Waals surface area contributed by atoms with Crippen LogP contribution in [-0.4, -0.2) is 49.4 Å². The van der Waals surface area contributed by atoms with Crippen molar-refractivity contribution in [3.63, 3.8) is 0 Å². The first-order valence-electron chi connectivity index (χ1n) is 10.2. The molecule has 0 aliphatic heterocycles. The van der Waals surface area contributed by atoms with E-state index in [0.29, 0.717) is 24.4 Å². The third kappa shape index (κ3) is 4.59. The molecule has 0 amide bonds. The van der Waals surface area contributed by atoms with Crippen LogP contribution in [-0.2, 0) is 17.7 Å². The first-order chi connectivity index (χ1) is 14.4. The summed E-state index contributed by atoms with van der Waals surface area (Å²) in [5.74, 6) is 0.660. The molecule has 162 valence electrons. The molecule has 0 spiro atoms. The monoisotopic (exact) mass is 432 g/mol. The number of carbonyl (C=O) groups is 1. The van der Waals surface area contributed by atoms with Crippen molar-refractivity contribution in [2.75, 3.05) is 11.3 Å². The number of carbonyl (C=O) groups excluding carboxylic acids is 1. The van der Waals surface area contributed by atoms with E-state index in [1.165, 1.54) is 0 Å². The summed E-state index contributed by atoms with van der Waals surface area (Å²) in [4.78, 5) is 16.0. The Balaban J connectivity index is 1.29. The first-order valence-corrected chi connectivity index (χ1v) is 11.2. The van der Waals surface area contributed by atoms with Gasteiger partial charge in [-0.2, -0.15) is 0 Å². The molecule has 2 aliphatic carbocycles. The highest BCUT2D eigenvalue weighted by Gasteiger charge is 2.37. The van der Waals surface area contributed by atoms with Crippen LogP contribution in [0, 0.1) is 12.8 Å². The third-order valence-electron chi connectivity index (χ3n) is 5.94. The summed E-state index contributed by atoms with van der Waals surface area (Å²) >= 11 is -2.37. The van der Waals surface area contributed by atoms with Gasteiger partial charge in [-0.1, -0.05) is 0 Å². The molecule has 1 aromatic heterocycles. The molecule has 1 saturated carbocycles. The van der Waals surface area contributed by atoms with Crippen LogP contribution in [0.5, 0.6) is 5.75 Å². The number of hydrogen-bond donors (Lipinski definition) is 4. The van der Waals surface area contributed by atoms with E-state index in [0.717, 1.165) is 36.2 Å². The lowest BCUT2D eigenvalue weighted by Crippen LogP contribution is -2.44. The van der Waals surface area contributed by atoms with Crippen molar-refractivity contribution < 1.29 is 23.4 Å². The zero-order valence-corrected chi connectivity index (χ0v) is 17.5. The summed E-state index contributed by atoms with van der Waals surface area (Å²) in [7, 11) is 0. The molecule has 0 bridgehead atoms. The Morgan fingerprint density at radius 3 is 2.77 bits per heavy atom. The van der Waals surface area contributed by atoms with Gasteiger partial charge in [-0.05, 0) is 62.9 Å². The molecule has 8 nitrogen and oxygen atoms in total. The highest BCUT2D eigenvalue weighted by Crippen LogP contribution is 2.28. The molecule has 4 rings (SSSR count). The van der Waals surface area contributed by atoms with Gasteiger partial charge in [0.15, 0.2) is 5.78 Å². The largest absolute Gasteiger partial charge is 0.755 e. The lowest BCUT2D eigenvalue weighted by molar-refractivity contribution is 0.0441. The van der Waals surface area contributed by atoms with Gasteiger partial charge in [0.25, 0.3) is 0 Å². The van der Waals surface area contributed by atoms with Crippen LogP contribution in [0.1, 0.15) is 41.0 Å². The fraction of sp³-hybridized carbons (Fsp3) is 0.476. The van der Waals surface area contributed by atoms with Gasteiger partial charge >= 0.3 is 0 Å². The van der Waals surface area contributed by atoms with E-state index in [9.17, 15) is 18.7 Å². The molecule has 1 aromatic carbocycles. The van der Waals surface area contributed by atoms with Crippen molar-refractivity contribution in [1.29, 1.82) is 0 Å². The Hall–Kier alpha value is -2.20. The zero-order chi connectivity index (χ0) is 21.3. The van der Waals surface area contributed by atoms with Crippen LogP contribution < -0.4 is 14.8 Å². The zero-order valence-electron chi connectivity index (χ0n) is 16.7. The number of Topliss-reactive ketones (excluding diaryl/α,β-unsaturated/α-hetero) is 1. The number of anilines is 1. The van der Waals surface area contributed by atoms with E-state index >= 15 is 0 Å². The van der Waals surface area contributed by atoms with Crippen LogP contribution in [0.25, 0.3) is 0 Å². The molecule has 0 radical (unpaired) electrons. The number of aliphatic hydroxyl groups is 1. The van der Waals surface area contributed by atoms with E-state index in [4.69, 9.17) is 4.74 Å². The minimum atomic E-state index is -2.37. The number of ketones is 1. The molecular weight excluding hydrogens is 406 g/mol. The number of aromatic amines is 1. The lowest BCUT2D eigenvalue weighted by atomic mass is 9.86.